The molecule has 1 aliphatic rings. The molecule has 1 aliphatic heterocycles. The van der Waals surface area contributed by atoms with Crippen molar-refractivity contribution in [3.05, 3.63) is 0 Å². The summed E-state index contributed by atoms with van der Waals surface area (Å²) < 4.78 is 4.84. The Balaban J connectivity index is 2.67. The minimum Gasteiger partial charge on any atom is -0.464 e. The third-order valence-corrected chi connectivity index (χ3v) is 2.74. The van der Waals surface area contributed by atoms with Crippen LogP contribution in [0.5, 0.6) is 0 Å². The average molecular weight is 250 g/mol. The Hall–Kier alpha value is -0.810. The third kappa shape index (κ3) is 2.86. The molecule has 0 saturated carbocycles. The highest BCUT2D eigenvalue weighted by Crippen LogP contribution is 2.19. The number of aliphatic hydroxyl groups excluding tert-OH is 1. The lowest BCUT2D eigenvalue weighted by Crippen LogP contribution is -2.58. The molecule has 5 nitrogen and oxygen atoms in total. The number of hydrogen-bond acceptors (Lipinski definition) is 4. The van der Waals surface area contributed by atoms with Crippen molar-refractivity contribution < 1.29 is 19.4 Å². The number of likely N-dealkylation sites (tertiary alicyclic amines) is 1. The van der Waals surface area contributed by atoms with Crippen molar-refractivity contribution in [1.29, 1.82) is 0 Å². The summed E-state index contributed by atoms with van der Waals surface area (Å²) in [7, 11) is 0. The second kappa shape index (κ2) is 6.06. The monoisotopic (exact) mass is 249 g/mol. The number of alkyl halides is 1. The molecule has 0 bridgehead atoms. The second-order valence-electron chi connectivity index (χ2n) is 3.58. The summed E-state index contributed by atoms with van der Waals surface area (Å²) >= 11 is 5.51. The van der Waals surface area contributed by atoms with Gasteiger partial charge in [-0.1, -0.05) is 0 Å². The Morgan fingerprint density at radius 2 is 2.38 bits per heavy atom. The van der Waals surface area contributed by atoms with Crippen LogP contribution in [0.15, 0.2) is 0 Å². The van der Waals surface area contributed by atoms with Crippen molar-refractivity contribution in [2.24, 2.45) is 0 Å². The quantitative estimate of drug-likeness (QED) is 0.413. The Labute approximate surface area is 99.3 Å². The number of nitrogens with zero attached hydrogens (tertiary/aromatic N) is 1. The number of β-lactam (4-membered cyclic amide) rings is 1. The minimum atomic E-state index is -0.958. The van der Waals surface area contributed by atoms with E-state index in [0.717, 1.165) is 0 Å². The lowest BCUT2D eigenvalue weighted by molar-refractivity contribution is -0.165. The van der Waals surface area contributed by atoms with E-state index in [4.69, 9.17) is 16.3 Å². The fourth-order valence-corrected chi connectivity index (χ4v) is 1.84. The Morgan fingerprint density at radius 1 is 1.69 bits per heavy atom. The number of carbonyl (C=O) groups is 2. The topological polar surface area (TPSA) is 66.8 Å². The van der Waals surface area contributed by atoms with Crippen LogP contribution in [0.4, 0.5) is 0 Å². The number of ether oxygens (including phenoxy) is 1. The molecule has 1 rings (SSSR count). The van der Waals surface area contributed by atoms with Gasteiger partial charge in [-0.25, -0.2) is 4.79 Å². The van der Waals surface area contributed by atoms with Crippen LogP contribution in [-0.2, 0) is 14.3 Å². The molecule has 0 aromatic rings. The normalized spacial score (nSPS) is 18.9. The Bertz CT molecular complexity index is 272. The van der Waals surface area contributed by atoms with Gasteiger partial charge in [0.05, 0.1) is 12.7 Å². The van der Waals surface area contributed by atoms with Crippen molar-refractivity contribution in [3.63, 3.8) is 0 Å². The largest absolute Gasteiger partial charge is 0.464 e. The predicted octanol–water partition coefficient (Wildman–Crippen LogP) is 0.140. The average Bonchev–Trinajstić information content (AvgIpc) is 2.23. The van der Waals surface area contributed by atoms with E-state index in [-0.39, 0.29) is 24.8 Å². The standard InChI is InChI=1S/C10H16ClNO4/c1-2-16-10(15)9(7(13)3-5-11)12-6-4-8(12)14/h7,9,13H,2-6H2,1H3. The van der Waals surface area contributed by atoms with Crippen LogP contribution in [0.3, 0.4) is 0 Å². The maximum absolute atomic E-state index is 11.6. The van der Waals surface area contributed by atoms with Crippen LogP contribution >= 0.6 is 11.6 Å². The molecule has 2 unspecified atom stereocenters. The molecule has 1 fully saturated rings. The van der Waals surface area contributed by atoms with E-state index in [2.05, 4.69) is 0 Å². The van der Waals surface area contributed by atoms with E-state index in [1.807, 2.05) is 0 Å². The first-order chi connectivity index (χ1) is 7.61. The third-order valence-electron chi connectivity index (χ3n) is 2.52. The number of hydrogen-bond donors (Lipinski definition) is 1. The van der Waals surface area contributed by atoms with E-state index < -0.39 is 18.1 Å². The van der Waals surface area contributed by atoms with Crippen LogP contribution < -0.4 is 0 Å². The van der Waals surface area contributed by atoms with Gasteiger partial charge in [-0.15, -0.1) is 11.6 Å². The van der Waals surface area contributed by atoms with Crippen LogP contribution in [0.2, 0.25) is 0 Å². The van der Waals surface area contributed by atoms with Crippen LogP contribution in [0.1, 0.15) is 19.8 Å². The maximum atomic E-state index is 11.6. The number of aliphatic hydroxyl groups is 1. The van der Waals surface area contributed by atoms with Gasteiger partial charge in [0.15, 0.2) is 6.04 Å². The number of carbonyl (C=O) groups excluding carboxylic acids is 2. The molecule has 0 aromatic heterocycles. The first kappa shape index (κ1) is 13.3. The van der Waals surface area contributed by atoms with E-state index in [1.165, 1.54) is 4.90 Å². The molecule has 1 saturated heterocycles. The second-order valence-corrected chi connectivity index (χ2v) is 3.96. The van der Waals surface area contributed by atoms with E-state index >= 15 is 0 Å². The highest BCUT2D eigenvalue weighted by Gasteiger charge is 2.40. The highest BCUT2D eigenvalue weighted by molar-refractivity contribution is 6.17. The van der Waals surface area contributed by atoms with Crippen LogP contribution in [0, 0.1) is 0 Å². The summed E-state index contributed by atoms with van der Waals surface area (Å²) in [5.41, 5.74) is 0. The maximum Gasteiger partial charge on any atom is 0.331 e. The van der Waals surface area contributed by atoms with E-state index in [9.17, 15) is 14.7 Å². The van der Waals surface area contributed by atoms with Crippen molar-refractivity contribution in [3.8, 4) is 0 Å². The lowest BCUT2D eigenvalue weighted by Gasteiger charge is -2.38. The molecule has 92 valence electrons. The van der Waals surface area contributed by atoms with Crippen molar-refractivity contribution in [1.82, 2.24) is 4.90 Å². The van der Waals surface area contributed by atoms with Gasteiger partial charge in [-0.2, -0.15) is 0 Å². The summed E-state index contributed by atoms with van der Waals surface area (Å²) in [6.45, 7) is 2.40. The minimum absolute atomic E-state index is 0.133. The Morgan fingerprint density at radius 3 is 2.75 bits per heavy atom. The fraction of sp³-hybridized carbons (Fsp3) is 0.800. The van der Waals surface area contributed by atoms with Gasteiger partial charge in [0.2, 0.25) is 5.91 Å². The first-order valence-electron chi connectivity index (χ1n) is 5.32. The Kier molecular flexibility index (Phi) is 5.02. The summed E-state index contributed by atoms with van der Waals surface area (Å²) in [6, 6.07) is -0.903. The molecule has 0 aliphatic carbocycles. The molecule has 16 heavy (non-hydrogen) atoms. The molecular weight excluding hydrogens is 234 g/mol. The van der Waals surface area contributed by atoms with Gasteiger partial charge in [0.1, 0.15) is 0 Å². The molecule has 6 heteroatoms. The van der Waals surface area contributed by atoms with Crippen molar-refractivity contribution >= 4 is 23.5 Å². The van der Waals surface area contributed by atoms with Crippen molar-refractivity contribution in [2.75, 3.05) is 19.0 Å². The summed E-state index contributed by atoms with van der Waals surface area (Å²) in [5.74, 6) is -0.459. The zero-order valence-corrected chi connectivity index (χ0v) is 9.94. The van der Waals surface area contributed by atoms with Gasteiger partial charge < -0.3 is 14.7 Å². The molecule has 0 radical (unpaired) electrons. The van der Waals surface area contributed by atoms with Crippen LogP contribution in [0.25, 0.3) is 0 Å². The number of amides is 1. The lowest BCUT2D eigenvalue weighted by atomic mass is 10.0. The van der Waals surface area contributed by atoms with Gasteiger partial charge in [-0.3, -0.25) is 4.79 Å². The zero-order chi connectivity index (χ0) is 12.1. The summed E-state index contributed by atoms with van der Waals surface area (Å²) in [5, 5.41) is 9.78. The molecule has 0 aromatic carbocycles. The van der Waals surface area contributed by atoms with Crippen LogP contribution in [-0.4, -0.2) is 53.1 Å². The zero-order valence-electron chi connectivity index (χ0n) is 9.19. The van der Waals surface area contributed by atoms with Crippen molar-refractivity contribution in [2.45, 2.75) is 31.9 Å². The number of rotatable bonds is 6. The number of halogens is 1. The fourth-order valence-electron chi connectivity index (χ4n) is 1.62. The highest BCUT2D eigenvalue weighted by atomic mass is 35.5. The SMILES string of the molecule is CCOC(=O)C(C(O)CCCl)N1CCC1=O. The van der Waals surface area contributed by atoms with Gasteiger partial charge in [0, 0.05) is 18.8 Å². The van der Waals surface area contributed by atoms with E-state index in [0.29, 0.717) is 13.0 Å². The summed E-state index contributed by atoms with van der Waals surface area (Å²) in [6.07, 6.45) is -0.279. The molecular formula is C10H16ClNO4. The molecule has 1 heterocycles. The molecule has 2 atom stereocenters. The van der Waals surface area contributed by atoms with E-state index in [1.54, 1.807) is 6.92 Å². The molecule has 1 N–H and O–H groups in total. The molecule has 0 spiro atoms. The smallest absolute Gasteiger partial charge is 0.331 e. The number of esters is 1. The van der Waals surface area contributed by atoms with Gasteiger partial charge >= 0.3 is 5.97 Å². The first-order valence-corrected chi connectivity index (χ1v) is 5.85. The molecule has 1 amide bonds. The summed E-state index contributed by atoms with van der Waals surface area (Å²) in [4.78, 5) is 24.2. The van der Waals surface area contributed by atoms with Gasteiger partial charge in [0.25, 0.3) is 0 Å². The van der Waals surface area contributed by atoms with Gasteiger partial charge in [-0.05, 0) is 13.3 Å². The predicted molar refractivity (Wildman–Crippen MR) is 58.1 cm³/mol.